The first-order valence-corrected chi connectivity index (χ1v) is 8.12. The Balaban J connectivity index is 1.45. The molecule has 0 aliphatic carbocycles. The topological polar surface area (TPSA) is 34.1 Å². The molecule has 1 fully saturated rings. The van der Waals surface area contributed by atoms with Crippen molar-refractivity contribution in [2.75, 3.05) is 13.2 Å². The molecule has 1 atom stereocenters. The molecule has 0 saturated carbocycles. The third kappa shape index (κ3) is 3.66. The average Bonchev–Trinajstić information content (AvgIpc) is 3.16. The van der Waals surface area contributed by atoms with Gasteiger partial charge >= 0.3 is 0 Å². The minimum atomic E-state index is 0.471. The molecule has 20 heavy (non-hydrogen) atoms. The summed E-state index contributed by atoms with van der Waals surface area (Å²) in [5.74, 6) is 0. The lowest BCUT2D eigenvalue weighted by Crippen LogP contribution is -2.19. The van der Waals surface area contributed by atoms with Crippen molar-refractivity contribution in [1.29, 1.82) is 0 Å². The lowest BCUT2D eigenvalue weighted by Gasteiger charge is -2.08. The van der Waals surface area contributed by atoms with Crippen molar-refractivity contribution in [2.24, 2.45) is 0 Å². The van der Waals surface area contributed by atoms with Crippen LogP contribution in [0.15, 0.2) is 35.7 Å². The van der Waals surface area contributed by atoms with E-state index in [0.717, 1.165) is 36.8 Å². The van der Waals surface area contributed by atoms with Crippen molar-refractivity contribution in [3.63, 3.8) is 0 Å². The molecule has 1 aliphatic heterocycles. The van der Waals surface area contributed by atoms with E-state index >= 15 is 0 Å². The van der Waals surface area contributed by atoms with E-state index in [0.29, 0.717) is 6.10 Å². The van der Waals surface area contributed by atoms with Crippen molar-refractivity contribution >= 4 is 11.3 Å². The normalized spacial score (nSPS) is 18.5. The second-order valence-corrected chi connectivity index (χ2v) is 6.04. The second-order valence-electron chi connectivity index (χ2n) is 5.09. The number of hydrogen-bond donors (Lipinski definition) is 1. The molecule has 0 spiro atoms. The Kier molecular flexibility index (Phi) is 4.79. The molecule has 0 bridgehead atoms. The van der Waals surface area contributed by atoms with Crippen LogP contribution >= 0.6 is 11.3 Å². The standard InChI is InChI=1S/C16H20N2OS/c1-2-5-13(6-3-1)15-12-20-16(18-15)11-17-9-8-14-7-4-10-19-14/h1-3,5-6,12,14,17H,4,7-11H2. The molecule has 2 aromatic rings. The summed E-state index contributed by atoms with van der Waals surface area (Å²) in [6.45, 7) is 2.80. The largest absolute Gasteiger partial charge is 0.378 e. The van der Waals surface area contributed by atoms with Crippen LogP contribution in [0, 0.1) is 0 Å². The number of thiazole rings is 1. The van der Waals surface area contributed by atoms with E-state index in [-0.39, 0.29) is 0 Å². The first-order valence-electron chi connectivity index (χ1n) is 7.24. The molecule has 2 heterocycles. The van der Waals surface area contributed by atoms with Crippen molar-refractivity contribution in [1.82, 2.24) is 10.3 Å². The Bertz CT molecular complexity index is 520. The highest BCUT2D eigenvalue weighted by molar-refractivity contribution is 7.09. The molecule has 0 amide bonds. The van der Waals surface area contributed by atoms with E-state index in [9.17, 15) is 0 Å². The van der Waals surface area contributed by atoms with Gasteiger partial charge in [0, 0.05) is 24.1 Å². The first kappa shape index (κ1) is 13.7. The quantitative estimate of drug-likeness (QED) is 0.827. The predicted octanol–water partition coefficient (Wildman–Crippen LogP) is 3.47. The van der Waals surface area contributed by atoms with Gasteiger partial charge in [0.15, 0.2) is 0 Å². The summed E-state index contributed by atoms with van der Waals surface area (Å²) in [7, 11) is 0. The lowest BCUT2D eigenvalue weighted by molar-refractivity contribution is 0.104. The van der Waals surface area contributed by atoms with Crippen LogP contribution < -0.4 is 5.32 Å². The first-order chi connectivity index (χ1) is 9.92. The number of rotatable bonds is 6. The van der Waals surface area contributed by atoms with Crippen LogP contribution in [0.2, 0.25) is 0 Å². The van der Waals surface area contributed by atoms with Crippen LogP contribution in [0.3, 0.4) is 0 Å². The van der Waals surface area contributed by atoms with Crippen molar-refractivity contribution in [3.05, 3.63) is 40.7 Å². The molecule has 0 radical (unpaired) electrons. The zero-order valence-electron chi connectivity index (χ0n) is 11.5. The summed E-state index contributed by atoms with van der Waals surface area (Å²) in [4.78, 5) is 4.67. The fourth-order valence-electron chi connectivity index (χ4n) is 2.46. The molecule has 1 saturated heterocycles. The number of benzene rings is 1. The zero-order chi connectivity index (χ0) is 13.6. The maximum Gasteiger partial charge on any atom is 0.107 e. The van der Waals surface area contributed by atoms with Crippen LogP contribution in [0.1, 0.15) is 24.3 Å². The average molecular weight is 288 g/mol. The Hall–Kier alpha value is -1.23. The van der Waals surface area contributed by atoms with Gasteiger partial charge in [0.25, 0.3) is 0 Å². The van der Waals surface area contributed by atoms with Crippen LogP contribution in [0.4, 0.5) is 0 Å². The number of nitrogens with one attached hydrogen (secondary N) is 1. The molecule has 1 unspecified atom stereocenters. The highest BCUT2D eigenvalue weighted by Gasteiger charge is 2.14. The van der Waals surface area contributed by atoms with Gasteiger partial charge in [0.05, 0.1) is 11.8 Å². The van der Waals surface area contributed by atoms with Crippen LogP contribution in [-0.4, -0.2) is 24.2 Å². The Morgan fingerprint density at radius 2 is 2.20 bits per heavy atom. The molecule has 3 rings (SSSR count). The number of nitrogens with zero attached hydrogens (tertiary/aromatic N) is 1. The van der Waals surface area contributed by atoms with E-state index in [1.807, 2.05) is 18.2 Å². The number of hydrogen-bond acceptors (Lipinski definition) is 4. The lowest BCUT2D eigenvalue weighted by atomic mass is 10.2. The van der Waals surface area contributed by atoms with Crippen LogP contribution in [0.5, 0.6) is 0 Å². The van der Waals surface area contributed by atoms with E-state index in [4.69, 9.17) is 4.74 Å². The molecule has 3 nitrogen and oxygen atoms in total. The van der Waals surface area contributed by atoms with Gasteiger partial charge < -0.3 is 10.1 Å². The number of ether oxygens (including phenoxy) is 1. The van der Waals surface area contributed by atoms with Crippen LogP contribution in [0.25, 0.3) is 11.3 Å². The van der Waals surface area contributed by atoms with Crippen molar-refractivity contribution in [3.8, 4) is 11.3 Å². The highest BCUT2D eigenvalue weighted by Crippen LogP contribution is 2.21. The van der Waals surface area contributed by atoms with Gasteiger partial charge in [-0.25, -0.2) is 4.98 Å². The Morgan fingerprint density at radius 3 is 3.00 bits per heavy atom. The summed E-state index contributed by atoms with van der Waals surface area (Å²) in [5.41, 5.74) is 2.26. The fourth-order valence-corrected chi connectivity index (χ4v) is 3.24. The fraction of sp³-hybridized carbons (Fsp3) is 0.438. The predicted molar refractivity (Wildman–Crippen MR) is 82.8 cm³/mol. The van der Waals surface area contributed by atoms with Gasteiger partial charge in [-0.05, 0) is 25.8 Å². The maximum absolute atomic E-state index is 5.61. The third-order valence-corrected chi connectivity index (χ3v) is 4.41. The SMILES string of the molecule is c1ccc(-c2csc(CNCCC3CCCO3)n2)cc1. The van der Waals surface area contributed by atoms with Crippen LogP contribution in [-0.2, 0) is 11.3 Å². The second kappa shape index (κ2) is 6.97. The molecule has 106 valence electrons. The van der Waals surface area contributed by atoms with Gasteiger partial charge in [-0.1, -0.05) is 30.3 Å². The van der Waals surface area contributed by atoms with Gasteiger partial charge in [-0.3, -0.25) is 0 Å². The van der Waals surface area contributed by atoms with Crippen molar-refractivity contribution < 1.29 is 4.74 Å². The zero-order valence-corrected chi connectivity index (χ0v) is 12.4. The van der Waals surface area contributed by atoms with Gasteiger partial charge in [0.2, 0.25) is 0 Å². The smallest absolute Gasteiger partial charge is 0.107 e. The Labute approximate surface area is 124 Å². The molecule has 4 heteroatoms. The monoisotopic (exact) mass is 288 g/mol. The molecular formula is C16H20N2OS. The van der Waals surface area contributed by atoms with E-state index in [1.165, 1.54) is 18.4 Å². The highest BCUT2D eigenvalue weighted by atomic mass is 32.1. The van der Waals surface area contributed by atoms with Gasteiger partial charge in [-0.2, -0.15) is 0 Å². The number of aromatic nitrogens is 1. The molecule has 1 aliphatic rings. The van der Waals surface area contributed by atoms with Gasteiger partial charge in [0.1, 0.15) is 5.01 Å². The summed E-state index contributed by atoms with van der Waals surface area (Å²) in [6.07, 6.45) is 4.02. The van der Waals surface area contributed by atoms with E-state index in [1.54, 1.807) is 11.3 Å². The summed E-state index contributed by atoms with van der Waals surface area (Å²) < 4.78 is 5.61. The summed E-state index contributed by atoms with van der Waals surface area (Å²) in [5, 5.41) is 6.74. The maximum atomic E-state index is 5.61. The Morgan fingerprint density at radius 1 is 1.30 bits per heavy atom. The third-order valence-electron chi connectivity index (χ3n) is 3.56. The van der Waals surface area contributed by atoms with Gasteiger partial charge in [-0.15, -0.1) is 11.3 Å². The summed E-state index contributed by atoms with van der Waals surface area (Å²) in [6, 6.07) is 10.3. The van der Waals surface area contributed by atoms with E-state index in [2.05, 4.69) is 27.8 Å². The summed E-state index contributed by atoms with van der Waals surface area (Å²) >= 11 is 1.72. The van der Waals surface area contributed by atoms with E-state index < -0.39 is 0 Å². The minimum absolute atomic E-state index is 0.471. The minimum Gasteiger partial charge on any atom is -0.378 e. The molecule has 1 aromatic heterocycles. The van der Waals surface area contributed by atoms with Crippen molar-refractivity contribution in [2.45, 2.75) is 31.9 Å². The molecule has 1 N–H and O–H groups in total. The molecule has 1 aromatic carbocycles. The molecular weight excluding hydrogens is 268 g/mol.